The van der Waals surface area contributed by atoms with Crippen LogP contribution in [0.1, 0.15) is 11.1 Å². The van der Waals surface area contributed by atoms with Crippen LogP contribution in [0.2, 0.25) is 10.0 Å². The Hall–Kier alpha value is -2.10. The second-order valence-corrected chi connectivity index (χ2v) is 10.8. The van der Waals surface area contributed by atoms with E-state index in [2.05, 4.69) is 57.1 Å². The quantitative estimate of drug-likeness (QED) is 0.163. The molecule has 1 aromatic heterocycles. The number of carbonyl (C=O) groups is 1. The number of aromatic nitrogens is 2. The van der Waals surface area contributed by atoms with Gasteiger partial charge in [0.1, 0.15) is 0 Å². The van der Waals surface area contributed by atoms with E-state index in [0.29, 0.717) is 10.0 Å². The molecular formula is C22H16Cl2N4OS3. The first-order valence-electron chi connectivity index (χ1n) is 9.41. The van der Waals surface area contributed by atoms with Crippen LogP contribution in [0.3, 0.4) is 0 Å². The van der Waals surface area contributed by atoms with Gasteiger partial charge in [0.25, 0.3) is 5.91 Å². The molecule has 1 amide bonds. The molecule has 0 aliphatic rings. The molecule has 0 bridgehead atoms. The van der Waals surface area contributed by atoms with Gasteiger partial charge in [-0.15, -0.1) is 10.2 Å². The zero-order valence-electron chi connectivity index (χ0n) is 16.5. The number of amides is 1. The van der Waals surface area contributed by atoms with Crippen molar-refractivity contribution in [2.45, 2.75) is 14.4 Å². The number of benzene rings is 3. The Balaban J connectivity index is 1.25. The molecule has 1 N–H and O–H groups in total. The maximum atomic E-state index is 12.0. The van der Waals surface area contributed by atoms with Gasteiger partial charge < -0.3 is 0 Å². The summed E-state index contributed by atoms with van der Waals surface area (Å²) in [6.45, 7) is 0. The highest BCUT2D eigenvalue weighted by atomic mass is 35.5. The molecule has 4 aromatic rings. The third-order valence-electron chi connectivity index (χ3n) is 4.29. The van der Waals surface area contributed by atoms with Crippen molar-refractivity contribution in [1.29, 1.82) is 0 Å². The zero-order valence-corrected chi connectivity index (χ0v) is 20.5. The van der Waals surface area contributed by atoms with Crippen molar-refractivity contribution < 1.29 is 4.79 Å². The van der Waals surface area contributed by atoms with Crippen LogP contribution in [0.4, 0.5) is 0 Å². The Morgan fingerprint density at radius 2 is 1.78 bits per heavy atom. The minimum atomic E-state index is -0.230. The lowest BCUT2D eigenvalue weighted by Crippen LogP contribution is -2.19. The third kappa shape index (κ3) is 6.24. The molecule has 3 aromatic carbocycles. The van der Waals surface area contributed by atoms with E-state index in [1.165, 1.54) is 45.6 Å². The molecule has 5 nitrogen and oxygen atoms in total. The number of carbonyl (C=O) groups excluding carboxylic acids is 1. The van der Waals surface area contributed by atoms with Crippen LogP contribution in [0.25, 0.3) is 10.8 Å². The minimum Gasteiger partial charge on any atom is -0.272 e. The number of fused-ring (bicyclic) bond motifs is 1. The molecule has 0 radical (unpaired) electrons. The minimum absolute atomic E-state index is 0.196. The topological polar surface area (TPSA) is 67.2 Å². The Labute approximate surface area is 207 Å². The number of hydrogen-bond donors (Lipinski definition) is 1. The second kappa shape index (κ2) is 11.2. The molecular weight excluding hydrogens is 503 g/mol. The monoisotopic (exact) mass is 518 g/mol. The highest BCUT2D eigenvalue weighted by molar-refractivity contribution is 8.03. The van der Waals surface area contributed by atoms with Gasteiger partial charge in [0, 0.05) is 5.75 Å². The van der Waals surface area contributed by atoms with Crippen LogP contribution in [0.15, 0.2) is 74.4 Å². The number of nitrogens with zero attached hydrogens (tertiary/aromatic N) is 3. The van der Waals surface area contributed by atoms with Crippen LogP contribution < -0.4 is 5.43 Å². The van der Waals surface area contributed by atoms with Crippen LogP contribution in [-0.2, 0) is 10.5 Å². The summed E-state index contributed by atoms with van der Waals surface area (Å²) in [5.41, 5.74) is 4.49. The van der Waals surface area contributed by atoms with E-state index in [-0.39, 0.29) is 11.7 Å². The first-order chi connectivity index (χ1) is 15.6. The molecule has 0 saturated heterocycles. The number of rotatable bonds is 8. The summed E-state index contributed by atoms with van der Waals surface area (Å²) in [4.78, 5) is 12.0. The second-order valence-electron chi connectivity index (χ2n) is 6.52. The van der Waals surface area contributed by atoms with Gasteiger partial charge in [0.05, 0.1) is 22.0 Å². The molecule has 0 fully saturated rings. The largest absolute Gasteiger partial charge is 0.272 e. The SMILES string of the molecule is O=C(CSc1nnc(SCc2cccc3ccccc23)s1)NN=Cc1ccc(Cl)c(Cl)c1. The van der Waals surface area contributed by atoms with Crippen molar-refractivity contribution in [3.8, 4) is 0 Å². The van der Waals surface area contributed by atoms with E-state index >= 15 is 0 Å². The smallest absolute Gasteiger partial charge is 0.250 e. The average molecular weight is 520 g/mol. The Kier molecular flexibility index (Phi) is 8.05. The van der Waals surface area contributed by atoms with Gasteiger partial charge in [-0.2, -0.15) is 5.10 Å². The van der Waals surface area contributed by atoms with Crippen molar-refractivity contribution in [3.63, 3.8) is 0 Å². The predicted octanol–water partition coefficient (Wildman–Crippen LogP) is 6.53. The highest BCUT2D eigenvalue weighted by Gasteiger charge is 2.09. The number of thioether (sulfide) groups is 2. The van der Waals surface area contributed by atoms with Gasteiger partial charge in [-0.05, 0) is 34.0 Å². The zero-order chi connectivity index (χ0) is 22.3. The summed E-state index contributed by atoms with van der Waals surface area (Å²) in [7, 11) is 0. The van der Waals surface area contributed by atoms with Crippen molar-refractivity contribution in [2.24, 2.45) is 5.10 Å². The lowest BCUT2D eigenvalue weighted by Gasteiger charge is -2.04. The van der Waals surface area contributed by atoms with E-state index in [9.17, 15) is 4.79 Å². The fourth-order valence-corrected chi connectivity index (χ4v) is 5.93. The summed E-state index contributed by atoms with van der Waals surface area (Å²) in [5.74, 6) is 0.776. The van der Waals surface area contributed by atoms with Gasteiger partial charge in [-0.1, -0.05) is 107 Å². The molecule has 0 atom stereocenters. The highest BCUT2D eigenvalue weighted by Crippen LogP contribution is 2.32. The summed E-state index contributed by atoms with van der Waals surface area (Å²) in [6, 6.07) is 19.8. The molecule has 4 rings (SSSR count). The fourth-order valence-electron chi connectivity index (χ4n) is 2.80. The van der Waals surface area contributed by atoms with Gasteiger partial charge >= 0.3 is 0 Å². The average Bonchev–Trinajstić information content (AvgIpc) is 3.26. The normalized spacial score (nSPS) is 11.3. The van der Waals surface area contributed by atoms with E-state index in [1.54, 1.807) is 30.0 Å². The van der Waals surface area contributed by atoms with E-state index in [0.717, 1.165) is 20.0 Å². The molecule has 10 heteroatoms. The number of hydrogen-bond acceptors (Lipinski definition) is 7. The summed E-state index contributed by atoms with van der Waals surface area (Å²) >= 11 is 16.3. The van der Waals surface area contributed by atoms with Crippen LogP contribution in [0.5, 0.6) is 0 Å². The molecule has 0 saturated carbocycles. The lowest BCUT2D eigenvalue weighted by atomic mass is 10.1. The lowest BCUT2D eigenvalue weighted by molar-refractivity contribution is -0.118. The first kappa shape index (κ1) is 23.1. The summed E-state index contributed by atoms with van der Waals surface area (Å²) < 4.78 is 1.62. The summed E-state index contributed by atoms with van der Waals surface area (Å²) in [5, 5.41) is 15.7. The molecule has 0 spiro atoms. The Bertz CT molecular complexity index is 1270. The van der Waals surface area contributed by atoms with Gasteiger partial charge in [0.15, 0.2) is 8.68 Å². The van der Waals surface area contributed by atoms with E-state index < -0.39 is 0 Å². The molecule has 162 valence electrons. The Morgan fingerprint density at radius 1 is 1.00 bits per heavy atom. The van der Waals surface area contributed by atoms with Crippen molar-refractivity contribution in [3.05, 3.63) is 81.8 Å². The third-order valence-corrected chi connectivity index (χ3v) is 8.27. The number of nitrogens with one attached hydrogen (secondary N) is 1. The molecule has 0 aliphatic heterocycles. The standard InChI is InChI=1S/C22H16Cl2N4OS3/c23-18-9-8-14(10-19(18)24)11-25-26-20(29)13-31-22-28-27-21(32-22)30-12-16-6-3-5-15-4-1-2-7-17(15)16/h1-11H,12-13H2,(H,26,29). The van der Waals surface area contributed by atoms with Crippen molar-refractivity contribution in [1.82, 2.24) is 15.6 Å². The fraction of sp³-hybridized carbons (Fsp3) is 0.0909. The molecule has 32 heavy (non-hydrogen) atoms. The van der Waals surface area contributed by atoms with E-state index in [1.807, 2.05) is 6.07 Å². The van der Waals surface area contributed by atoms with Gasteiger partial charge in [0.2, 0.25) is 0 Å². The first-order valence-corrected chi connectivity index (χ1v) is 13.0. The van der Waals surface area contributed by atoms with Crippen molar-refractivity contribution in [2.75, 3.05) is 5.75 Å². The van der Waals surface area contributed by atoms with E-state index in [4.69, 9.17) is 23.2 Å². The van der Waals surface area contributed by atoms with Crippen LogP contribution in [-0.4, -0.2) is 28.1 Å². The molecule has 0 unspecified atom stereocenters. The Morgan fingerprint density at radius 3 is 2.62 bits per heavy atom. The number of hydrazone groups is 1. The maximum Gasteiger partial charge on any atom is 0.250 e. The van der Waals surface area contributed by atoms with Crippen LogP contribution >= 0.6 is 58.1 Å². The maximum absolute atomic E-state index is 12.0. The number of halogens is 2. The molecule has 0 aliphatic carbocycles. The van der Waals surface area contributed by atoms with Gasteiger partial charge in [-0.25, -0.2) is 5.43 Å². The van der Waals surface area contributed by atoms with Crippen molar-refractivity contribution >= 4 is 81.0 Å². The summed E-state index contributed by atoms with van der Waals surface area (Å²) in [6.07, 6.45) is 1.51. The molecule has 1 heterocycles. The predicted molar refractivity (Wildman–Crippen MR) is 136 cm³/mol. The van der Waals surface area contributed by atoms with Crippen LogP contribution in [0, 0.1) is 0 Å². The van der Waals surface area contributed by atoms with Gasteiger partial charge in [-0.3, -0.25) is 4.79 Å².